The van der Waals surface area contributed by atoms with Gasteiger partial charge in [0.15, 0.2) is 5.16 Å². The van der Waals surface area contributed by atoms with Crippen molar-refractivity contribution >= 4 is 17.7 Å². The van der Waals surface area contributed by atoms with Gasteiger partial charge < -0.3 is 9.67 Å². The number of carbonyl (C=O) groups is 1. The van der Waals surface area contributed by atoms with Crippen LogP contribution in [0.25, 0.3) is 0 Å². The van der Waals surface area contributed by atoms with Gasteiger partial charge in [-0.05, 0) is 12.8 Å². The molecule has 5 nitrogen and oxygen atoms in total. The average Bonchev–Trinajstić information content (AvgIpc) is 2.68. The predicted octanol–water partition coefficient (Wildman–Crippen LogP) is 2.28. The number of halogens is 2. The lowest BCUT2D eigenvalue weighted by Gasteiger charge is -2.27. The summed E-state index contributed by atoms with van der Waals surface area (Å²) in [5, 5.41) is 17.1. The molecule has 0 unspecified atom stereocenters. The molecule has 0 saturated heterocycles. The van der Waals surface area contributed by atoms with E-state index in [2.05, 4.69) is 10.2 Å². The molecule has 8 heteroatoms. The number of hydrogen-bond acceptors (Lipinski definition) is 4. The normalized spacial score (nSPS) is 19.5. The second-order valence-corrected chi connectivity index (χ2v) is 5.65. The number of carboxylic acids is 1. The van der Waals surface area contributed by atoms with Crippen molar-refractivity contribution in [1.29, 1.82) is 0 Å². The van der Waals surface area contributed by atoms with E-state index in [9.17, 15) is 13.6 Å². The highest BCUT2D eigenvalue weighted by Gasteiger charge is 2.37. The average molecular weight is 291 g/mol. The Kier molecular flexibility index (Phi) is 4.07. The molecule has 0 amide bonds. The Bertz CT molecular complexity index is 469. The Morgan fingerprint density at radius 2 is 2.11 bits per heavy atom. The molecular weight excluding hydrogens is 276 g/mol. The summed E-state index contributed by atoms with van der Waals surface area (Å²) in [7, 11) is 1.74. The number of aliphatic carboxylic acids is 1. The van der Waals surface area contributed by atoms with Crippen LogP contribution in [0.3, 0.4) is 0 Å². The fourth-order valence-corrected chi connectivity index (χ4v) is 2.87. The van der Waals surface area contributed by atoms with E-state index in [1.54, 1.807) is 11.6 Å². The van der Waals surface area contributed by atoms with Crippen LogP contribution in [0, 0.1) is 0 Å². The van der Waals surface area contributed by atoms with Crippen molar-refractivity contribution in [2.24, 2.45) is 7.05 Å². The maximum absolute atomic E-state index is 13.1. The molecule has 1 aromatic rings. The standard InChI is InChI=1S/C11H15F2N3O2S/c1-16-9(7-2-4-11(12,13)5-3-7)14-15-10(16)19-6-8(17)18/h7H,2-6H2,1H3,(H,17,18). The molecule has 0 bridgehead atoms. The Morgan fingerprint density at radius 3 is 2.68 bits per heavy atom. The van der Waals surface area contributed by atoms with Crippen molar-refractivity contribution in [3.8, 4) is 0 Å². The van der Waals surface area contributed by atoms with E-state index < -0.39 is 11.9 Å². The molecule has 0 aromatic carbocycles. The van der Waals surface area contributed by atoms with E-state index in [1.165, 1.54) is 0 Å². The molecule has 106 valence electrons. The Morgan fingerprint density at radius 1 is 1.47 bits per heavy atom. The summed E-state index contributed by atoms with van der Waals surface area (Å²) in [5.41, 5.74) is 0. The largest absolute Gasteiger partial charge is 0.481 e. The first-order valence-electron chi connectivity index (χ1n) is 6.01. The van der Waals surface area contributed by atoms with Crippen molar-refractivity contribution in [1.82, 2.24) is 14.8 Å². The summed E-state index contributed by atoms with van der Waals surface area (Å²) < 4.78 is 27.9. The Balaban J connectivity index is 2.04. The lowest BCUT2D eigenvalue weighted by molar-refractivity contribution is -0.133. The number of carboxylic acid groups (broad SMARTS) is 1. The molecule has 1 fully saturated rings. The van der Waals surface area contributed by atoms with E-state index in [0.717, 1.165) is 11.8 Å². The first kappa shape index (κ1) is 14.2. The number of thioether (sulfide) groups is 1. The van der Waals surface area contributed by atoms with Gasteiger partial charge in [-0.1, -0.05) is 11.8 Å². The van der Waals surface area contributed by atoms with E-state index in [1.807, 2.05) is 0 Å². The summed E-state index contributed by atoms with van der Waals surface area (Å²) >= 11 is 1.08. The fourth-order valence-electron chi connectivity index (χ4n) is 2.23. The SMILES string of the molecule is Cn1c(SCC(=O)O)nnc1C1CCC(F)(F)CC1. The summed E-state index contributed by atoms with van der Waals surface area (Å²) in [5.74, 6) is -2.92. The fraction of sp³-hybridized carbons (Fsp3) is 0.727. The number of hydrogen-bond donors (Lipinski definition) is 1. The molecule has 0 aliphatic heterocycles. The highest BCUT2D eigenvalue weighted by atomic mass is 32.2. The molecule has 1 aromatic heterocycles. The highest BCUT2D eigenvalue weighted by Crippen LogP contribution is 2.40. The lowest BCUT2D eigenvalue weighted by atomic mass is 9.86. The zero-order chi connectivity index (χ0) is 14.0. The van der Waals surface area contributed by atoms with Gasteiger partial charge in [0, 0.05) is 25.8 Å². The molecule has 1 N–H and O–H groups in total. The number of nitrogens with zero attached hydrogens (tertiary/aromatic N) is 3. The predicted molar refractivity (Wildman–Crippen MR) is 65.5 cm³/mol. The van der Waals surface area contributed by atoms with E-state index >= 15 is 0 Å². The third-order valence-electron chi connectivity index (χ3n) is 3.28. The van der Waals surface area contributed by atoms with E-state index in [0.29, 0.717) is 23.8 Å². The van der Waals surface area contributed by atoms with Crippen molar-refractivity contribution in [2.45, 2.75) is 42.7 Å². The zero-order valence-corrected chi connectivity index (χ0v) is 11.3. The van der Waals surface area contributed by atoms with Crippen molar-refractivity contribution in [2.75, 3.05) is 5.75 Å². The number of aromatic nitrogens is 3. The molecule has 0 atom stereocenters. The minimum absolute atomic E-state index is 0.0173. The van der Waals surface area contributed by atoms with Crippen LogP contribution >= 0.6 is 11.8 Å². The molecule has 19 heavy (non-hydrogen) atoms. The maximum atomic E-state index is 13.1. The smallest absolute Gasteiger partial charge is 0.313 e. The quantitative estimate of drug-likeness (QED) is 0.862. The molecule has 0 radical (unpaired) electrons. The van der Waals surface area contributed by atoms with Gasteiger partial charge in [0.05, 0.1) is 5.75 Å². The molecule has 0 spiro atoms. The van der Waals surface area contributed by atoms with Crippen molar-refractivity contribution < 1.29 is 18.7 Å². The number of rotatable bonds is 4. The van der Waals surface area contributed by atoms with Crippen molar-refractivity contribution in [3.63, 3.8) is 0 Å². The topological polar surface area (TPSA) is 68.0 Å². The van der Waals surface area contributed by atoms with Crippen LogP contribution in [0.15, 0.2) is 5.16 Å². The Labute approximate surface area is 113 Å². The van der Waals surface area contributed by atoms with Gasteiger partial charge in [-0.25, -0.2) is 8.78 Å². The maximum Gasteiger partial charge on any atom is 0.313 e. The van der Waals surface area contributed by atoms with Crippen LogP contribution < -0.4 is 0 Å². The monoisotopic (exact) mass is 291 g/mol. The van der Waals surface area contributed by atoms with Crippen LogP contribution in [0.1, 0.15) is 37.4 Å². The first-order chi connectivity index (χ1) is 8.89. The first-order valence-corrected chi connectivity index (χ1v) is 6.99. The molecule has 1 aliphatic rings. The second-order valence-electron chi connectivity index (χ2n) is 4.71. The molecule has 1 aliphatic carbocycles. The molecular formula is C11H15F2N3O2S. The third kappa shape index (κ3) is 3.43. The number of alkyl halides is 2. The zero-order valence-electron chi connectivity index (χ0n) is 10.5. The van der Waals surface area contributed by atoms with Crippen LogP contribution in [0.2, 0.25) is 0 Å². The second kappa shape index (κ2) is 5.44. The van der Waals surface area contributed by atoms with Crippen LogP contribution in [0.4, 0.5) is 8.78 Å². The van der Waals surface area contributed by atoms with Gasteiger partial charge in [-0.15, -0.1) is 10.2 Å². The van der Waals surface area contributed by atoms with Crippen LogP contribution in [-0.4, -0.2) is 37.5 Å². The lowest BCUT2D eigenvalue weighted by Crippen LogP contribution is -2.24. The van der Waals surface area contributed by atoms with Gasteiger partial charge in [-0.2, -0.15) is 0 Å². The summed E-state index contributed by atoms with van der Waals surface area (Å²) in [6, 6.07) is 0. The van der Waals surface area contributed by atoms with Gasteiger partial charge in [0.2, 0.25) is 5.92 Å². The van der Waals surface area contributed by atoms with Gasteiger partial charge in [0.1, 0.15) is 5.82 Å². The molecule has 1 heterocycles. The summed E-state index contributed by atoms with van der Waals surface area (Å²) in [4.78, 5) is 10.5. The minimum Gasteiger partial charge on any atom is -0.481 e. The van der Waals surface area contributed by atoms with Crippen LogP contribution in [-0.2, 0) is 11.8 Å². The van der Waals surface area contributed by atoms with E-state index in [4.69, 9.17) is 5.11 Å². The van der Waals surface area contributed by atoms with Crippen LogP contribution in [0.5, 0.6) is 0 Å². The van der Waals surface area contributed by atoms with E-state index in [-0.39, 0.29) is 24.5 Å². The van der Waals surface area contributed by atoms with Gasteiger partial charge in [0.25, 0.3) is 0 Å². The summed E-state index contributed by atoms with van der Waals surface area (Å²) in [6.07, 6.45) is 0.537. The van der Waals surface area contributed by atoms with Gasteiger partial charge >= 0.3 is 5.97 Å². The molecule has 2 rings (SSSR count). The summed E-state index contributed by atoms with van der Waals surface area (Å²) in [6.45, 7) is 0. The Hall–Kier alpha value is -1.18. The van der Waals surface area contributed by atoms with Gasteiger partial charge in [-0.3, -0.25) is 4.79 Å². The minimum atomic E-state index is -2.56. The highest BCUT2D eigenvalue weighted by molar-refractivity contribution is 7.99. The third-order valence-corrected chi connectivity index (χ3v) is 4.28. The molecule has 1 saturated carbocycles. The van der Waals surface area contributed by atoms with Crippen molar-refractivity contribution in [3.05, 3.63) is 5.82 Å².